The summed E-state index contributed by atoms with van der Waals surface area (Å²) >= 11 is 0. The largest absolute Gasteiger partial charge is 0.310 e. The number of rotatable bonds is 4. The molecule has 25 heavy (non-hydrogen) atoms. The van der Waals surface area contributed by atoms with Gasteiger partial charge in [-0.25, -0.2) is 17.4 Å². The van der Waals surface area contributed by atoms with Gasteiger partial charge in [0.1, 0.15) is 5.82 Å². The van der Waals surface area contributed by atoms with Crippen LogP contribution in [-0.2, 0) is 14.8 Å². The van der Waals surface area contributed by atoms with E-state index in [0.29, 0.717) is 31.7 Å². The lowest BCUT2D eigenvalue weighted by molar-refractivity contribution is -0.120. The van der Waals surface area contributed by atoms with E-state index in [2.05, 4.69) is 10.4 Å². The van der Waals surface area contributed by atoms with Crippen molar-refractivity contribution in [1.82, 2.24) is 14.1 Å². The molecule has 2 aromatic rings. The van der Waals surface area contributed by atoms with Gasteiger partial charge >= 0.3 is 0 Å². The lowest BCUT2D eigenvalue weighted by atomic mass is 9.97. The summed E-state index contributed by atoms with van der Waals surface area (Å²) in [5, 5.41) is 7.38. The summed E-state index contributed by atoms with van der Waals surface area (Å²) < 4.78 is 26.3. The number of aryl methyl sites for hydroxylation is 1. The van der Waals surface area contributed by atoms with E-state index in [-0.39, 0.29) is 11.8 Å². The molecular formula is C17H22N4O3S. The monoisotopic (exact) mass is 362 g/mol. The fourth-order valence-corrected chi connectivity index (χ4v) is 3.91. The summed E-state index contributed by atoms with van der Waals surface area (Å²) in [6, 6.07) is 11.4. The molecule has 1 aromatic carbocycles. The minimum Gasteiger partial charge on any atom is -0.310 e. The maximum atomic E-state index is 12.6. The third kappa shape index (κ3) is 4.08. The summed E-state index contributed by atoms with van der Waals surface area (Å²) in [6.07, 6.45) is 2.25. The van der Waals surface area contributed by atoms with Crippen molar-refractivity contribution in [3.8, 4) is 5.69 Å². The predicted octanol–water partition coefficient (Wildman–Crippen LogP) is 1.79. The summed E-state index contributed by atoms with van der Waals surface area (Å²) in [6.45, 7) is 2.64. The van der Waals surface area contributed by atoms with Crippen molar-refractivity contribution >= 4 is 21.7 Å². The normalized spacial score (nSPS) is 16.7. The first-order valence-corrected chi connectivity index (χ1v) is 10.1. The molecule has 1 saturated heterocycles. The molecule has 0 saturated carbocycles. The van der Waals surface area contributed by atoms with Gasteiger partial charge in [-0.2, -0.15) is 5.10 Å². The molecule has 0 aliphatic carbocycles. The Morgan fingerprint density at radius 2 is 1.84 bits per heavy atom. The molecule has 0 atom stereocenters. The van der Waals surface area contributed by atoms with E-state index >= 15 is 0 Å². The predicted molar refractivity (Wildman–Crippen MR) is 96.1 cm³/mol. The molecule has 1 aromatic heterocycles. The summed E-state index contributed by atoms with van der Waals surface area (Å²) in [5.41, 5.74) is 1.68. The number of piperidine rings is 1. The van der Waals surface area contributed by atoms with Gasteiger partial charge in [0, 0.05) is 25.1 Å². The molecule has 0 unspecified atom stereocenters. The molecule has 0 radical (unpaired) electrons. The van der Waals surface area contributed by atoms with Gasteiger partial charge in [-0.3, -0.25) is 4.79 Å². The standard InChI is InChI=1S/C17H22N4O3S/c1-13-12-16(21(19-13)15-6-4-3-5-7-15)18-17(22)14-8-10-20(11-9-14)25(2,23)24/h3-7,12,14H,8-11H2,1-2H3,(H,18,22). The van der Waals surface area contributed by atoms with Crippen LogP contribution >= 0.6 is 0 Å². The van der Waals surface area contributed by atoms with Crippen molar-refractivity contribution in [2.75, 3.05) is 24.7 Å². The molecule has 0 spiro atoms. The number of para-hydroxylation sites is 1. The van der Waals surface area contributed by atoms with Crippen LogP contribution < -0.4 is 5.32 Å². The Morgan fingerprint density at radius 3 is 2.44 bits per heavy atom. The number of anilines is 1. The van der Waals surface area contributed by atoms with E-state index in [4.69, 9.17) is 0 Å². The highest BCUT2D eigenvalue weighted by Gasteiger charge is 2.29. The number of aromatic nitrogens is 2. The maximum Gasteiger partial charge on any atom is 0.228 e. The van der Waals surface area contributed by atoms with Crippen molar-refractivity contribution in [3.63, 3.8) is 0 Å². The highest BCUT2D eigenvalue weighted by atomic mass is 32.2. The minimum absolute atomic E-state index is 0.0924. The molecule has 1 N–H and O–H groups in total. The van der Waals surface area contributed by atoms with Crippen LogP contribution in [0.1, 0.15) is 18.5 Å². The highest BCUT2D eigenvalue weighted by Crippen LogP contribution is 2.22. The van der Waals surface area contributed by atoms with Gasteiger partial charge in [0.25, 0.3) is 0 Å². The Hall–Kier alpha value is -2.19. The van der Waals surface area contributed by atoms with Crippen LogP contribution in [0.2, 0.25) is 0 Å². The molecular weight excluding hydrogens is 340 g/mol. The van der Waals surface area contributed by atoms with Gasteiger partial charge in [-0.15, -0.1) is 0 Å². The Morgan fingerprint density at radius 1 is 1.20 bits per heavy atom. The smallest absolute Gasteiger partial charge is 0.228 e. The second-order valence-electron chi connectivity index (χ2n) is 6.34. The number of carbonyl (C=O) groups is 1. The quantitative estimate of drug-likeness (QED) is 0.899. The van der Waals surface area contributed by atoms with E-state index in [0.717, 1.165) is 11.4 Å². The minimum atomic E-state index is -3.19. The van der Waals surface area contributed by atoms with Crippen LogP contribution in [-0.4, -0.2) is 47.8 Å². The zero-order valence-corrected chi connectivity index (χ0v) is 15.2. The molecule has 7 nitrogen and oxygen atoms in total. The Kier molecular flexibility index (Phi) is 4.91. The van der Waals surface area contributed by atoms with Crippen LogP contribution in [0, 0.1) is 12.8 Å². The van der Waals surface area contributed by atoms with Gasteiger partial charge in [-0.05, 0) is 31.9 Å². The summed E-state index contributed by atoms with van der Waals surface area (Å²) in [7, 11) is -3.19. The Labute approximate surface area is 147 Å². The van der Waals surface area contributed by atoms with E-state index in [1.807, 2.05) is 43.3 Å². The molecule has 0 bridgehead atoms. The number of sulfonamides is 1. The van der Waals surface area contributed by atoms with Crippen LogP contribution in [0.5, 0.6) is 0 Å². The molecule has 2 heterocycles. The van der Waals surface area contributed by atoms with Crippen molar-refractivity contribution in [1.29, 1.82) is 0 Å². The molecule has 1 amide bonds. The van der Waals surface area contributed by atoms with Crippen molar-refractivity contribution in [2.24, 2.45) is 5.92 Å². The fourth-order valence-electron chi connectivity index (χ4n) is 3.03. The third-order valence-corrected chi connectivity index (χ3v) is 5.68. The SMILES string of the molecule is Cc1cc(NC(=O)C2CCN(S(C)(=O)=O)CC2)n(-c2ccccc2)n1. The van der Waals surface area contributed by atoms with E-state index in [1.165, 1.54) is 10.6 Å². The van der Waals surface area contributed by atoms with Gasteiger partial charge in [0.2, 0.25) is 15.9 Å². The number of benzene rings is 1. The maximum absolute atomic E-state index is 12.6. The van der Waals surface area contributed by atoms with Crippen molar-refractivity contribution in [3.05, 3.63) is 42.1 Å². The number of hydrogen-bond donors (Lipinski definition) is 1. The van der Waals surface area contributed by atoms with Gasteiger partial charge in [0.05, 0.1) is 17.6 Å². The second kappa shape index (κ2) is 6.97. The van der Waals surface area contributed by atoms with Crippen LogP contribution in [0.3, 0.4) is 0 Å². The molecule has 3 rings (SSSR count). The first-order valence-electron chi connectivity index (χ1n) is 8.22. The molecule has 1 fully saturated rings. The molecule has 1 aliphatic rings. The Balaban J connectivity index is 1.71. The van der Waals surface area contributed by atoms with E-state index in [1.54, 1.807) is 4.68 Å². The lowest BCUT2D eigenvalue weighted by Crippen LogP contribution is -2.41. The first-order chi connectivity index (χ1) is 11.8. The Bertz CT molecular complexity index is 853. The molecule has 1 aliphatic heterocycles. The topological polar surface area (TPSA) is 84.3 Å². The first kappa shape index (κ1) is 17.6. The van der Waals surface area contributed by atoms with Crippen LogP contribution in [0.25, 0.3) is 5.69 Å². The third-order valence-electron chi connectivity index (χ3n) is 4.38. The highest BCUT2D eigenvalue weighted by molar-refractivity contribution is 7.88. The summed E-state index contributed by atoms with van der Waals surface area (Å²) in [5.74, 6) is 0.335. The van der Waals surface area contributed by atoms with Gasteiger partial charge < -0.3 is 5.32 Å². The number of amides is 1. The van der Waals surface area contributed by atoms with Crippen molar-refractivity contribution < 1.29 is 13.2 Å². The number of nitrogens with one attached hydrogen (secondary N) is 1. The number of hydrogen-bond acceptors (Lipinski definition) is 4. The average Bonchev–Trinajstić information content (AvgIpc) is 2.95. The molecule has 134 valence electrons. The van der Waals surface area contributed by atoms with Gasteiger partial charge in [0.15, 0.2) is 0 Å². The zero-order chi connectivity index (χ0) is 18.0. The van der Waals surface area contributed by atoms with Gasteiger partial charge in [-0.1, -0.05) is 18.2 Å². The van der Waals surface area contributed by atoms with Crippen molar-refractivity contribution in [2.45, 2.75) is 19.8 Å². The average molecular weight is 362 g/mol. The fraction of sp³-hybridized carbons (Fsp3) is 0.412. The number of carbonyl (C=O) groups excluding carboxylic acids is 1. The van der Waals surface area contributed by atoms with E-state index in [9.17, 15) is 13.2 Å². The zero-order valence-electron chi connectivity index (χ0n) is 14.3. The summed E-state index contributed by atoms with van der Waals surface area (Å²) in [4.78, 5) is 12.6. The lowest BCUT2D eigenvalue weighted by Gasteiger charge is -2.29. The van der Waals surface area contributed by atoms with Crippen LogP contribution in [0.15, 0.2) is 36.4 Å². The van der Waals surface area contributed by atoms with Crippen LogP contribution in [0.4, 0.5) is 5.82 Å². The second-order valence-corrected chi connectivity index (χ2v) is 8.33. The number of nitrogens with zero attached hydrogens (tertiary/aromatic N) is 3. The molecule has 8 heteroatoms. The van der Waals surface area contributed by atoms with E-state index < -0.39 is 10.0 Å².